The molecule has 1 aromatic rings. The molecule has 0 saturated carbocycles. The number of carbonyl (C=O) groups excluding carboxylic acids is 2. The predicted octanol–water partition coefficient (Wildman–Crippen LogP) is 4.95. The van der Waals surface area contributed by atoms with E-state index in [9.17, 15) is 9.59 Å². The Morgan fingerprint density at radius 3 is 2.32 bits per heavy atom. The van der Waals surface area contributed by atoms with E-state index >= 15 is 0 Å². The fourth-order valence-corrected chi connectivity index (χ4v) is 4.33. The van der Waals surface area contributed by atoms with Crippen molar-refractivity contribution in [1.82, 2.24) is 10.2 Å². The first-order chi connectivity index (χ1) is 14.2. The van der Waals surface area contributed by atoms with Crippen molar-refractivity contribution in [3.8, 4) is 0 Å². The molecule has 1 unspecified atom stereocenters. The van der Waals surface area contributed by atoms with Gasteiger partial charge < -0.3 is 19.4 Å². The van der Waals surface area contributed by atoms with Crippen LogP contribution in [0.15, 0.2) is 30.3 Å². The molecule has 7 heteroatoms. The van der Waals surface area contributed by atoms with Crippen LogP contribution in [-0.4, -0.2) is 50.0 Å². The number of alkyl carbamates (subject to hydrolysis) is 1. The number of likely N-dealkylation sites (tertiary alicyclic amines) is 1. The number of ether oxygens (including phenoxy) is 1. The zero-order valence-electron chi connectivity index (χ0n) is 20.5. The van der Waals surface area contributed by atoms with Crippen LogP contribution in [0.25, 0.3) is 0 Å². The van der Waals surface area contributed by atoms with E-state index in [1.165, 1.54) is 0 Å². The normalized spacial score (nSPS) is 18.8. The van der Waals surface area contributed by atoms with Crippen LogP contribution in [0.1, 0.15) is 53.5 Å². The molecule has 1 aliphatic heterocycles. The third kappa shape index (κ3) is 7.65. The molecule has 1 N–H and O–H groups in total. The summed E-state index contributed by atoms with van der Waals surface area (Å²) in [7, 11) is -2.00. The Balaban J connectivity index is 2.11. The van der Waals surface area contributed by atoms with Gasteiger partial charge in [0.25, 0.3) is 0 Å². The van der Waals surface area contributed by atoms with Crippen molar-refractivity contribution in [1.29, 1.82) is 0 Å². The second-order valence-electron chi connectivity index (χ2n) is 11.0. The number of nitrogens with one attached hydrogen (secondary N) is 1. The molecule has 2 rings (SSSR count). The number of nitrogens with zero attached hydrogens (tertiary/aromatic N) is 1. The van der Waals surface area contributed by atoms with Gasteiger partial charge in [0.05, 0.1) is 12.6 Å². The molecule has 0 aromatic heterocycles. The van der Waals surface area contributed by atoms with Gasteiger partial charge in [-0.1, -0.05) is 51.1 Å². The quantitative estimate of drug-likeness (QED) is 0.599. The molecule has 31 heavy (non-hydrogen) atoms. The number of hydrogen-bond acceptors (Lipinski definition) is 4. The van der Waals surface area contributed by atoms with Gasteiger partial charge in [0.15, 0.2) is 8.32 Å². The van der Waals surface area contributed by atoms with Crippen molar-refractivity contribution >= 4 is 20.3 Å². The Morgan fingerprint density at radius 1 is 1.16 bits per heavy atom. The average Bonchev–Trinajstić information content (AvgIpc) is 2.97. The van der Waals surface area contributed by atoms with Crippen LogP contribution in [0.2, 0.25) is 18.1 Å². The van der Waals surface area contributed by atoms with Crippen LogP contribution in [0, 0.1) is 5.92 Å². The van der Waals surface area contributed by atoms with E-state index in [1.807, 2.05) is 56.0 Å². The van der Waals surface area contributed by atoms with Crippen LogP contribution < -0.4 is 5.32 Å². The molecular formula is C24H40N2O4Si. The largest absolute Gasteiger partial charge is 0.444 e. The highest BCUT2D eigenvalue weighted by Gasteiger charge is 2.41. The topological polar surface area (TPSA) is 67.9 Å². The van der Waals surface area contributed by atoms with Gasteiger partial charge >= 0.3 is 6.09 Å². The first kappa shape index (κ1) is 25.4. The van der Waals surface area contributed by atoms with E-state index in [2.05, 4.69) is 39.2 Å². The lowest BCUT2D eigenvalue weighted by molar-refractivity contribution is -0.128. The fraction of sp³-hybridized carbons (Fsp3) is 0.667. The van der Waals surface area contributed by atoms with Crippen LogP contribution in [0.5, 0.6) is 0 Å². The van der Waals surface area contributed by atoms with Crippen LogP contribution in [-0.2, 0) is 20.5 Å². The van der Waals surface area contributed by atoms with E-state index in [0.29, 0.717) is 26.1 Å². The monoisotopic (exact) mass is 448 g/mol. The molecule has 2 atom stereocenters. The highest BCUT2D eigenvalue weighted by Crippen LogP contribution is 2.37. The number of rotatable bonds is 7. The highest BCUT2D eigenvalue weighted by molar-refractivity contribution is 6.74. The van der Waals surface area contributed by atoms with Crippen molar-refractivity contribution in [3.63, 3.8) is 0 Å². The van der Waals surface area contributed by atoms with E-state index < -0.39 is 20.0 Å². The van der Waals surface area contributed by atoms with Crippen molar-refractivity contribution in [2.24, 2.45) is 5.92 Å². The van der Waals surface area contributed by atoms with Gasteiger partial charge in [-0.2, -0.15) is 0 Å². The molecule has 0 spiro atoms. The first-order valence-corrected chi connectivity index (χ1v) is 14.0. The summed E-state index contributed by atoms with van der Waals surface area (Å²) in [5, 5.41) is 3.07. The van der Waals surface area contributed by atoms with Crippen LogP contribution in [0.4, 0.5) is 4.79 Å². The summed E-state index contributed by atoms with van der Waals surface area (Å²) >= 11 is 0. The predicted molar refractivity (Wildman–Crippen MR) is 126 cm³/mol. The maximum atomic E-state index is 12.7. The number of carbonyl (C=O) groups is 2. The molecule has 1 aliphatic rings. The van der Waals surface area contributed by atoms with E-state index in [1.54, 1.807) is 0 Å². The summed E-state index contributed by atoms with van der Waals surface area (Å²) in [6.07, 6.45) is -0.0703. The Hall–Kier alpha value is -1.86. The SMILES string of the molecule is CC(C)(C)OC(=O)N[C@H](CO[Si](C)(C)C(C)(C)C)C1CC(=O)N(Cc2ccccc2)C1. The second-order valence-corrected chi connectivity index (χ2v) is 15.9. The third-order valence-electron chi connectivity index (χ3n) is 6.16. The lowest BCUT2D eigenvalue weighted by atomic mass is 9.99. The maximum absolute atomic E-state index is 12.7. The lowest BCUT2D eigenvalue weighted by Gasteiger charge is -2.38. The summed E-state index contributed by atoms with van der Waals surface area (Å²) in [4.78, 5) is 27.1. The average molecular weight is 449 g/mol. The second kappa shape index (κ2) is 9.73. The van der Waals surface area contributed by atoms with Gasteiger partial charge in [0.1, 0.15) is 5.60 Å². The minimum absolute atomic E-state index is 0.0199. The molecule has 0 radical (unpaired) electrons. The van der Waals surface area contributed by atoms with E-state index in [-0.39, 0.29) is 22.9 Å². The highest BCUT2D eigenvalue weighted by atomic mass is 28.4. The van der Waals surface area contributed by atoms with Gasteiger partial charge in [-0.3, -0.25) is 4.79 Å². The Morgan fingerprint density at radius 2 is 1.77 bits per heavy atom. The molecule has 2 amide bonds. The molecule has 1 heterocycles. The van der Waals surface area contributed by atoms with Gasteiger partial charge in [0, 0.05) is 25.4 Å². The summed E-state index contributed by atoms with van der Waals surface area (Å²) < 4.78 is 11.9. The summed E-state index contributed by atoms with van der Waals surface area (Å²) in [6, 6.07) is 9.70. The Labute approximate surface area is 188 Å². The molecule has 174 valence electrons. The molecule has 1 aromatic carbocycles. The minimum atomic E-state index is -2.00. The first-order valence-electron chi connectivity index (χ1n) is 11.1. The molecule has 1 saturated heterocycles. The van der Waals surface area contributed by atoms with Crippen molar-refractivity contribution in [2.75, 3.05) is 13.2 Å². The zero-order valence-corrected chi connectivity index (χ0v) is 21.5. The Bertz CT molecular complexity index is 753. The van der Waals surface area contributed by atoms with Crippen LogP contribution in [0.3, 0.4) is 0 Å². The molecular weight excluding hydrogens is 408 g/mol. The fourth-order valence-electron chi connectivity index (χ4n) is 3.30. The summed E-state index contributed by atoms with van der Waals surface area (Å²) in [5.74, 6) is 0.0886. The summed E-state index contributed by atoms with van der Waals surface area (Å²) in [5.41, 5.74) is 0.519. The molecule has 0 bridgehead atoms. The molecule has 6 nitrogen and oxygen atoms in total. The molecule has 0 aliphatic carbocycles. The smallest absolute Gasteiger partial charge is 0.407 e. The van der Waals surface area contributed by atoms with Gasteiger partial charge in [-0.15, -0.1) is 0 Å². The van der Waals surface area contributed by atoms with Gasteiger partial charge in [-0.25, -0.2) is 4.79 Å². The van der Waals surface area contributed by atoms with E-state index in [4.69, 9.17) is 9.16 Å². The molecule has 1 fully saturated rings. The van der Waals surface area contributed by atoms with Gasteiger partial charge in [0.2, 0.25) is 5.91 Å². The van der Waals surface area contributed by atoms with Crippen molar-refractivity contribution < 1.29 is 18.8 Å². The van der Waals surface area contributed by atoms with Gasteiger partial charge in [-0.05, 0) is 44.5 Å². The summed E-state index contributed by atoms with van der Waals surface area (Å²) in [6.45, 7) is 18.0. The standard InChI is InChI=1S/C24H40N2O4Si/c1-23(2,3)30-22(28)25-20(17-29-31(7,8)24(4,5)6)19-14-21(27)26(16-19)15-18-12-10-9-11-13-18/h9-13,19-20H,14-17H2,1-8H3,(H,25,28)/t19?,20-/m1/s1. The Kier molecular flexibility index (Phi) is 7.98. The maximum Gasteiger partial charge on any atom is 0.407 e. The number of hydrogen-bond donors (Lipinski definition) is 1. The van der Waals surface area contributed by atoms with Crippen molar-refractivity contribution in [2.45, 2.75) is 84.3 Å². The zero-order chi connectivity index (χ0) is 23.4. The minimum Gasteiger partial charge on any atom is -0.444 e. The van der Waals surface area contributed by atoms with Crippen LogP contribution >= 0.6 is 0 Å². The third-order valence-corrected chi connectivity index (χ3v) is 10.7. The van der Waals surface area contributed by atoms with Crippen molar-refractivity contribution in [3.05, 3.63) is 35.9 Å². The number of benzene rings is 1. The van der Waals surface area contributed by atoms with E-state index in [0.717, 1.165) is 5.56 Å². The lowest BCUT2D eigenvalue weighted by Crippen LogP contribution is -2.50. The number of amides is 2.